The molecule has 0 aliphatic carbocycles. The maximum absolute atomic E-state index is 13.5. The lowest BCUT2D eigenvalue weighted by Crippen LogP contribution is -2.29. The summed E-state index contributed by atoms with van der Waals surface area (Å²) in [5, 5.41) is 11.5. The van der Waals surface area contributed by atoms with E-state index in [0.29, 0.717) is 28.7 Å². The third-order valence-corrected chi connectivity index (χ3v) is 7.28. The van der Waals surface area contributed by atoms with Gasteiger partial charge in [-0.1, -0.05) is 38.1 Å². The minimum absolute atomic E-state index is 0.0238. The van der Waals surface area contributed by atoms with Crippen molar-refractivity contribution in [3.63, 3.8) is 0 Å². The number of carbonyl (C=O) groups is 2. The van der Waals surface area contributed by atoms with Crippen LogP contribution >= 0.6 is 0 Å². The summed E-state index contributed by atoms with van der Waals surface area (Å²) in [6, 6.07) is 19.5. The number of aliphatic hydroxyl groups is 1. The first-order valence-corrected chi connectivity index (χ1v) is 13.2. The van der Waals surface area contributed by atoms with Crippen LogP contribution in [0.15, 0.2) is 72.3 Å². The van der Waals surface area contributed by atoms with Crippen molar-refractivity contribution in [2.24, 2.45) is 0 Å². The van der Waals surface area contributed by atoms with Gasteiger partial charge in [0, 0.05) is 30.0 Å². The minimum Gasteiger partial charge on any atom is -0.507 e. The van der Waals surface area contributed by atoms with Crippen molar-refractivity contribution in [3.8, 4) is 11.5 Å². The fourth-order valence-electron chi connectivity index (χ4n) is 5.03. The molecule has 1 atom stereocenters. The van der Waals surface area contributed by atoms with E-state index >= 15 is 0 Å². The molecule has 1 aliphatic rings. The van der Waals surface area contributed by atoms with Crippen LogP contribution < -0.4 is 19.3 Å². The predicted octanol–water partition coefficient (Wildman–Crippen LogP) is 6.30. The Morgan fingerprint density at radius 2 is 1.51 bits per heavy atom. The molecular formula is C32H36N2O5. The molecule has 1 heterocycles. The molecule has 39 heavy (non-hydrogen) atoms. The molecule has 0 saturated carbocycles. The number of carbonyl (C=O) groups excluding carboxylic acids is 2. The summed E-state index contributed by atoms with van der Waals surface area (Å²) >= 11 is 0. The van der Waals surface area contributed by atoms with E-state index in [-0.39, 0.29) is 11.3 Å². The SMILES string of the molecule is CCN(CC)c1ccc(C2/C(=C(/O)c3ccc(OC)c(OC)c3)C(=O)C(=O)N2c2ccc(C(C)C)cc2)cc1. The second-order valence-corrected chi connectivity index (χ2v) is 9.75. The topological polar surface area (TPSA) is 79.3 Å². The lowest BCUT2D eigenvalue weighted by Gasteiger charge is -2.27. The Kier molecular flexibility index (Phi) is 8.29. The molecule has 1 unspecified atom stereocenters. The number of aliphatic hydroxyl groups excluding tert-OH is 1. The van der Waals surface area contributed by atoms with E-state index in [1.54, 1.807) is 18.2 Å². The van der Waals surface area contributed by atoms with Crippen LogP contribution in [0.3, 0.4) is 0 Å². The Hall–Kier alpha value is -4.26. The van der Waals surface area contributed by atoms with Crippen LogP contribution in [0.25, 0.3) is 5.76 Å². The molecule has 1 fully saturated rings. The Balaban J connectivity index is 1.90. The van der Waals surface area contributed by atoms with Crippen LogP contribution in [-0.2, 0) is 9.59 Å². The molecule has 7 nitrogen and oxygen atoms in total. The number of hydrogen-bond acceptors (Lipinski definition) is 6. The van der Waals surface area contributed by atoms with Gasteiger partial charge in [-0.05, 0) is 73.4 Å². The smallest absolute Gasteiger partial charge is 0.300 e. The van der Waals surface area contributed by atoms with E-state index in [1.807, 2.05) is 48.5 Å². The second kappa shape index (κ2) is 11.6. The number of amides is 1. The van der Waals surface area contributed by atoms with Crippen LogP contribution in [-0.4, -0.2) is 44.1 Å². The number of benzene rings is 3. The van der Waals surface area contributed by atoms with Crippen LogP contribution in [0.5, 0.6) is 11.5 Å². The highest BCUT2D eigenvalue weighted by molar-refractivity contribution is 6.51. The highest BCUT2D eigenvalue weighted by atomic mass is 16.5. The summed E-state index contributed by atoms with van der Waals surface area (Å²) in [6.07, 6.45) is 0. The van der Waals surface area contributed by atoms with Gasteiger partial charge >= 0.3 is 0 Å². The van der Waals surface area contributed by atoms with Gasteiger partial charge in [0.05, 0.1) is 25.8 Å². The number of hydrogen-bond donors (Lipinski definition) is 1. The van der Waals surface area contributed by atoms with Crippen molar-refractivity contribution < 1.29 is 24.2 Å². The summed E-state index contributed by atoms with van der Waals surface area (Å²) in [5.74, 6) is -0.486. The molecule has 1 aliphatic heterocycles. The van der Waals surface area contributed by atoms with Gasteiger partial charge < -0.3 is 19.5 Å². The standard InChI is InChI=1S/C32H36N2O5/c1-7-33(8-2)24-14-11-22(12-15-24)29-28(30(35)23-13-18-26(38-5)27(19-23)39-6)31(36)32(37)34(29)25-16-9-21(10-17-25)20(3)4/h9-20,29,35H,7-8H2,1-6H3/b30-28-. The maximum Gasteiger partial charge on any atom is 0.300 e. The first-order chi connectivity index (χ1) is 18.7. The molecule has 3 aromatic carbocycles. The molecule has 7 heteroatoms. The van der Waals surface area contributed by atoms with Crippen molar-refractivity contribution in [3.05, 3.63) is 89.0 Å². The van der Waals surface area contributed by atoms with Crippen molar-refractivity contribution in [1.29, 1.82) is 0 Å². The van der Waals surface area contributed by atoms with E-state index in [9.17, 15) is 14.7 Å². The van der Waals surface area contributed by atoms with Crippen molar-refractivity contribution in [2.45, 2.75) is 39.7 Å². The molecule has 0 aromatic heterocycles. The molecule has 204 valence electrons. The number of nitrogens with zero attached hydrogens (tertiary/aromatic N) is 2. The van der Waals surface area contributed by atoms with Gasteiger partial charge in [0.1, 0.15) is 5.76 Å². The summed E-state index contributed by atoms with van der Waals surface area (Å²) in [4.78, 5) is 30.8. The zero-order valence-electron chi connectivity index (χ0n) is 23.4. The molecule has 3 aromatic rings. The van der Waals surface area contributed by atoms with E-state index in [1.165, 1.54) is 19.1 Å². The van der Waals surface area contributed by atoms with Gasteiger partial charge in [-0.15, -0.1) is 0 Å². The van der Waals surface area contributed by atoms with Gasteiger partial charge in [0.25, 0.3) is 11.7 Å². The van der Waals surface area contributed by atoms with E-state index < -0.39 is 17.7 Å². The lowest BCUT2D eigenvalue weighted by atomic mass is 9.94. The van der Waals surface area contributed by atoms with Crippen molar-refractivity contribution in [2.75, 3.05) is 37.1 Å². The normalized spacial score (nSPS) is 16.6. The summed E-state index contributed by atoms with van der Waals surface area (Å²) < 4.78 is 10.7. The van der Waals surface area contributed by atoms with Gasteiger partial charge in [-0.3, -0.25) is 14.5 Å². The lowest BCUT2D eigenvalue weighted by molar-refractivity contribution is -0.132. The third-order valence-electron chi connectivity index (χ3n) is 7.28. The largest absolute Gasteiger partial charge is 0.507 e. The van der Waals surface area contributed by atoms with Gasteiger partial charge in [0.15, 0.2) is 11.5 Å². The zero-order valence-corrected chi connectivity index (χ0v) is 23.4. The molecule has 0 bridgehead atoms. The monoisotopic (exact) mass is 528 g/mol. The van der Waals surface area contributed by atoms with E-state index in [0.717, 1.165) is 29.9 Å². The van der Waals surface area contributed by atoms with Crippen LogP contribution in [0.2, 0.25) is 0 Å². The Morgan fingerprint density at radius 3 is 2.05 bits per heavy atom. The first kappa shape index (κ1) is 27.8. The van der Waals surface area contributed by atoms with Crippen molar-refractivity contribution >= 4 is 28.8 Å². The summed E-state index contributed by atoms with van der Waals surface area (Å²) in [6.45, 7) is 10.1. The summed E-state index contributed by atoms with van der Waals surface area (Å²) in [5.41, 5.74) is 3.86. The molecule has 1 N–H and O–H groups in total. The Bertz CT molecular complexity index is 1370. The van der Waals surface area contributed by atoms with E-state index in [4.69, 9.17) is 9.47 Å². The first-order valence-electron chi connectivity index (χ1n) is 13.2. The third kappa shape index (κ3) is 5.21. The highest BCUT2D eigenvalue weighted by Gasteiger charge is 2.47. The molecule has 0 radical (unpaired) electrons. The number of anilines is 2. The molecule has 1 saturated heterocycles. The Labute approximate surface area is 230 Å². The Morgan fingerprint density at radius 1 is 0.897 bits per heavy atom. The van der Waals surface area contributed by atoms with Crippen LogP contribution in [0.4, 0.5) is 11.4 Å². The van der Waals surface area contributed by atoms with Gasteiger partial charge in [-0.25, -0.2) is 0 Å². The van der Waals surface area contributed by atoms with Crippen LogP contribution in [0, 0.1) is 0 Å². The predicted molar refractivity (Wildman–Crippen MR) is 155 cm³/mol. The van der Waals surface area contributed by atoms with Crippen LogP contribution in [0.1, 0.15) is 56.3 Å². The maximum atomic E-state index is 13.5. The zero-order chi connectivity index (χ0) is 28.3. The van der Waals surface area contributed by atoms with Gasteiger partial charge in [-0.2, -0.15) is 0 Å². The fourth-order valence-corrected chi connectivity index (χ4v) is 5.03. The fraction of sp³-hybridized carbons (Fsp3) is 0.312. The quantitative estimate of drug-likeness (QED) is 0.200. The highest BCUT2D eigenvalue weighted by Crippen LogP contribution is 2.43. The average molecular weight is 529 g/mol. The minimum atomic E-state index is -0.811. The molecular weight excluding hydrogens is 492 g/mol. The van der Waals surface area contributed by atoms with E-state index in [2.05, 4.69) is 32.6 Å². The number of Topliss-reactive ketones (excluding diaryl/α,β-unsaturated/α-hetero) is 1. The second-order valence-electron chi connectivity index (χ2n) is 9.75. The number of ketones is 1. The number of methoxy groups -OCH3 is 2. The number of rotatable bonds is 9. The van der Waals surface area contributed by atoms with Crippen molar-refractivity contribution in [1.82, 2.24) is 0 Å². The molecule has 4 rings (SSSR count). The van der Waals surface area contributed by atoms with Gasteiger partial charge in [0.2, 0.25) is 0 Å². The number of ether oxygens (including phenoxy) is 2. The molecule has 1 amide bonds. The summed E-state index contributed by atoms with van der Waals surface area (Å²) in [7, 11) is 3.02. The molecule has 0 spiro atoms. The average Bonchev–Trinajstić information content (AvgIpc) is 3.23.